The Bertz CT molecular complexity index is 930. The van der Waals surface area contributed by atoms with Gasteiger partial charge in [-0.05, 0) is 49.7 Å². The number of hydrogen-bond acceptors (Lipinski definition) is 7. The van der Waals surface area contributed by atoms with E-state index in [4.69, 9.17) is 14.2 Å². The fourth-order valence-corrected chi connectivity index (χ4v) is 3.62. The predicted molar refractivity (Wildman–Crippen MR) is 119 cm³/mol. The zero-order valence-electron chi connectivity index (χ0n) is 18.4. The topological polar surface area (TPSA) is 103 Å². The van der Waals surface area contributed by atoms with Crippen LogP contribution < -0.4 is 14.8 Å². The van der Waals surface area contributed by atoms with Crippen LogP contribution in [0.4, 0.5) is 5.69 Å². The fourth-order valence-electron chi connectivity index (χ4n) is 3.62. The highest BCUT2D eigenvalue weighted by Gasteiger charge is 2.19. The number of hydrogen-bond donors (Lipinski definition) is 1. The summed E-state index contributed by atoms with van der Waals surface area (Å²) in [5.74, 6) is 0.441. The van der Waals surface area contributed by atoms with Gasteiger partial charge in [-0.25, -0.2) is 0 Å². The third kappa shape index (κ3) is 6.41. The molecular weight excluding hydrogens is 414 g/mol. The number of rotatable bonds is 10. The molecule has 2 aromatic rings. The van der Waals surface area contributed by atoms with E-state index in [9.17, 15) is 14.9 Å². The summed E-state index contributed by atoms with van der Waals surface area (Å²) in [6, 6.07) is 12.2. The van der Waals surface area contributed by atoms with E-state index in [2.05, 4.69) is 17.3 Å². The highest BCUT2D eigenvalue weighted by Crippen LogP contribution is 2.27. The number of likely N-dealkylation sites (N-methyl/N-ethyl adjacent to an activating group) is 1. The van der Waals surface area contributed by atoms with Gasteiger partial charge >= 0.3 is 5.69 Å². The first-order valence-electron chi connectivity index (χ1n) is 10.6. The first kappa shape index (κ1) is 23.5. The summed E-state index contributed by atoms with van der Waals surface area (Å²) in [6.07, 6.45) is 2.09. The van der Waals surface area contributed by atoms with E-state index < -0.39 is 10.8 Å². The van der Waals surface area contributed by atoms with Crippen molar-refractivity contribution in [3.63, 3.8) is 0 Å². The summed E-state index contributed by atoms with van der Waals surface area (Å²) >= 11 is 0. The number of nitrogens with one attached hydrogen (secondary N) is 1. The molecule has 0 bridgehead atoms. The molecule has 0 unspecified atom stereocenters. The molecule has 1 amide bonds. The van der Waals surface area contributed by atoms with Crippen LogP contribution in [0, 0.1) is 10.1 Å². The van der Waals surface area contributed by atoms with E-state index in [1.165, 1.54) is 25.3 Å². The molecule has 0 aliphatic carbocycles. The van der Waals surface area contributed by atoms with Crippen molar-refractivity contribution in [3.8, 4) is 11.5 Å². The number of ether oxygens (including phenoxy) is 3. The monoisotopic (exact) mass is 443 g/mol. The van der Waals surface area contributed by atoms with Crippen molar-refractivity contribution in [3.05, 3.63) is 63.7 Å². The quantitative estimate of drug-likeness (QED) is 0.445. The van der Waals surface area contributed by atoms with Gasteiger partial charge in [0.1, 0.15) is 12.4 Å². The number of nitro groups is 1. The zero-order chi connectivity index (χ0) is 22.9. The van der Waals surface area contributed by atoms with Gasteiger partial charge in [0.2, 0.25) is 0 Å². The van der Waals surface area contributed by atoms with Crippen molar-refractivity contribution in [1.29, 1.82) is 0 Å². The number of nitrogens with zero attached hydrogens (tertiary/aromatic N) is 2. The van der Waals surface area contributed by atoms with Crippen LogP contribution in [0.25, 0.3) is 0 Å². The number of carbonyl (C=O) groups excluding carboxylic acids is 1. The lowest BCUT2D eigenvalue weighted by Crippen LogP contribution is -2.38. The Morgan fingerprint density at radius 1 is 1.25 bits per heavy atom. The molecule has 1 saturated heterocycles. The minimum atomic E-state index is -0.574. The lowest BCUT2D eigenvalue weighted by Gasteiger charge is -2.31. The Hall–Kier alpha value is -3.17. The van der Waals surface area contributed by atoms with E-state index in [1.807, 2.05) is 24.3 Å². The molecule has 0 atom stereocenters. The fraction of sp³-hybridized carbons (Fsp3) is 0.435. The Kier molecular flexibility index (Phi) is 8.41. The second-order valence-corrected chi connectivity index (χ2v) is 7.65. The largest absolute Gasteiger partial charge is 0.492 e. The minimum Gasteiger partial charge on any atom is -0.492 e. The third-order valence-electron chi connectivity index (χ3n) is 5.52. The Balaban J connectivity index is 1.50. The molecule has 9 heteroatoms. The van der Waals surface area contributed by atoms with Crippen LogP contribution in [0.15, 0.2) is 42.5 Å². The van der Waals surface area contributed by atoms with E-state index in [0.29, 0.717) is 12.6 Å². The lowest BCUT2D eigenvalue weighted by atomic mass is 10.1. The van der Waals surface area contributed by atoms with Crippen LogP contribution >= 0.6 is 0 Å². The summed E-state index contributed by atoms with van der Waals surface area (Å²) in [7, 11) is 3.45. The summed E-state index contributed by atoms with van der Waals surface area (Å²) in [6.45, 7) is 3.29. The molecule has 0 saturated carbocycles. The maximum Gasteiger partial charge on any atom is 0.311 e. The number of amides is 1. The predicted octanol–water partition coefficient (Wildman–Crippen LogP) is 3.02. The minimum absolute atomic E-state index is 0.110. The molecule has 1 aliphatic heterocycles. The van der Waals surface area contributed by atoms with Crippen molar-refractivity contribution < 1.29 is 23.9 Å². The number of methoxy groups -OCH3 is 1. The average Bonchev–Trinajstić information content (AvgIpc) is 2.82. The van der Waals surface area contributed by atoms with Crippen LogP contribution in [0.1, 0.15) is 28.8 Å². The van der Waals surface area contributed by atoms with Crippen molar-refractivity contribution in [1.82, 2.24) is 10.2 Å². The van der Waals surface area contributed by atoms with Gasteiger partial charge in [-0.3, -0.25) is 19.8 Å². The molecule has 1 fully saturated rings. The van der Waals surface area contributed by atoms with Crippen molar-refractivity contribution in [2.24, 2.45) is 0 Å². The van der Waals surface area contributed by atoms with Gasteiger partial charge in [0.05, 0.1) is 12.0 Å². The molecule has 32 heavy (non-hydrogen) atoms. The molecule has 3 rings (SSSR count). The van der Waals surface area contributed by atoms with Crippen LogP contribution in [-0.2, 0) is 11.3 Å². The van der Waals surface area contributed by atoms with E-state index >= 15 is 0 Å². The molecule has 1 N–H and O–H groups in total. The lowest BCUT2D eigenvalue weighted by molar-refractivity contribution is -0.385. The van der Waals surface area contributed by atoms with Crippen molar-refractivity contribution in [2.45, 2.75) is 25.4 Å². The maximum absolute atomic E-state index is 12.5. The molecule has 172 valence electrons. The van der Waals surface area contributed by atoms with Gasteiger partial charge in [0.15, 0.2) is 5.75 Å². The molecule has 9 nitrogen and oxygen atoms in total. The van der Waals surface area contributed by atoms with Crippen LogP contribution in [0.5, 0.6) is 11.5 Å². The van der Waals surface area contributed by atoms with Gasteiger partial charge in [-0.1, -0.05) is 12.1 Å². The number of benzene rings is 2. The third-order valence-corrected chi connectivity index (χ3v) is 5.52. The highest BCUT2D eigenvalue weighted by atomic mass is 16.6. The normalized spacial score (nSPS) is 14.2. The molecule has 1 heterocycles. The average molecular weight is 444 g/mol. The number of nitro benzene ring substituents is 1. The van der Waals surface area contributed by atoms with Crippen molar-refractivity contribution in [2.75, 3.05) is 40.5 Å². The smallest absolute Gasteiger partial charge is 0.311 e. The standard InChI is InChI=1S/C23H29N3O6/c1-25(19-8-11-31-12-9-19)10-13-32-20-5-3-4-17(14-20)16-24-23(27)18-6-7-22(30-2)21(15-18)26(28)29/h3-7,14-15,19H,8-13,16H2,1-2H3,(H,24,27). The Morgan fingerprint density at radius 3 is 2.75 bits per heavy atom. The summed E-state index contributed by atoms with van der Waals surface area (Å²) in [5.41, 5.74) is 0.818. The molecule has 0 radical (unpaired) electrons. The molecule has 0 aromatic heterocycles. The van der Waals surface area contributed by atoms with Gasteiger partial charge < -0.3 is 19.5 Å². The molecule has 0 spiro atoms. The second-order valence-electron chi connectivity index (χ2n) is 7.65. The Labute approximate surface area is 187 Å². The van der Waals surface area contributed by atoms with E-state index in [0.717, 1.165) is 43.9 Å². The second kappa shape index (κ2) is 11.4. The van der Waals surface area contributed by atoms with E-state index in [-0.39, 0.29) is 23.5 Å². The van der Waals surface area contributed by atoms with Crippen LogP contribution in [0.2, 0.25) is 0 Å². The summed E-state index contributed by atoms with van der Waals surface area (Å²) in [4.78, 5) is 25.3. The van der Waals surface area contributed by atoms with Crippen molar-refractivity contribution >= 4 is 11.6 Å². The zero-order valence-corrected chi connectivity index (χ0v) is 18.4. The first-order valence-corrected chi connectivity index (χ1v) is 10.6. The molecular formula is C23H29N3O6. The number of carbonyl (C=O) groups is 1. The van der Waals surface area contributed by atoms with Crippen LogP contribution in [-0.4, -0.2) is 62.3 Å². The van der Waals surface area contributed by atoms with Crippen LogP contribution in [0.3, 0.4) is 0 Å². The first-order chi connectivity index (χ1) is 15.5. The SMILES string of the molecule is COc1ccc(C(=O)NCc2cccc(OCCN(C)C3CCOCC3)c2)cc1[N+](=O)[O-]. The van der Waals surface area contributed by atoms with Gasteiger partial charge in [-0.2, -0.15) is 0 Å². The summed E-state index contributed by atoms with van der Waals surface area (Å²) in [5, 5.41) is 13.9. The Morgan fingerprint density at radius 2 is 2.03 bits per heavy atom. The molecule has 2 aromatic carbocycles. The van der Waals surface area contributed by atoms with Gasteiger partial charge in [0.25, 0.3) is 5.91 Å². The highest BCUT2D eigenvalue weighted by molar-refractivity contribution is 5.95. The van der Waals surface area contributed by atoms with Gasteiger partial charge in [-0.15, -0.1) is 0 Å². The molecule has 1 aliphatic rings. The van der Waals surface area contributed by atoms with E-state index in [1.54, 1.807) is 0 Å². The van der Waals surface area contributed by atoms with Gasteiger partial charge in [0, 0.05) is 44.0 Å². The maximum atomic E-state index is 12.5. The summed E-state index contributed by atoms with van der Waals surface area (Å²) < 4.78 is 16.3.